The van der Waals surface area contributed by atoms with Crippen LogP contribution in [0.15, 0.2) is 25.0 Å². The Morgan fingerprint density at radius 2 is 1.31 bits per heavy atom. The molecule has 0 bridgehead atoms. The molecule has 0 N–H and O–H groups in total. The zero-order valence-electron chi connectivity index (χ0n) is 35.5. The first-order chi connectivity index (χ1) is 25.8. The lowest BCUT2D eigenvalue weighted by Gasteiger charge is -2.45. The van der Waals surface area contributed by atoms with Crippen molar-refractivity contribution in [2.24, 2.45) is 0 Å². The average Bonchev–Trinajstić information content (AvgIpc) is 3.12. The van der Waals surface area contributed by atoms with Gasteiger partial charge in [-0.05, 0) is 37.9 Å². The minimum absolute atomic E-state index is 0.0478. The van der Waals surface area contributed by atoms with Crippen molar-refractivity contribution in [3.63, 3.8) is 0 Å². The molecule has 0 radical (unpaired) electrons. The Balaban J connectivity index is 3.19. The largest absolute Gasteiger partial charge is 0.509 e. The van der Waals surface area contributed by atoms with Gasteiger partial charge in [0.15, 0.2) is 20.5 Å². The standard InChI is InChI=1S/C43H78O10Si/c1-10-14-16-18-20-22-23-25-27-29-35(44)33-37(45)52-40-39(47-32-28-26-24-21-19-17-15-11-2)38(53-42(46)49-31-13-4)36(51-41(40)48-30-12-3)34-50-54(8,9)43(5,6)7/h12-13,30,36,38-41H,4,10-11,14-29,31-34H2,1-3,5-9H3/b30-12+/t36-,38-,39+,40-,41-/m1/s1. The number of esters is 1. The summed E-state index contributed by atoms with van der Waals surface area (Å²) < 4.78 is 42.6. The third-order valence-corrected chi connectivity index (χ3v) is 14.9. The van der Waals surface area contributed by atoms with Crippen LogP contribution in [0.4, 0.5) is 4.79 Å². The van der Waals surface area contributed by atoms with Gasteiger partial charge < -0.3 is 32.8 Å². The molecule has 0 unspecified atom stereocenters. The molecule has 10 nitrogen and oxygen atoms in total. The van der Waals surface area contributed by atoms with Crippen molar-refractivity contribution < 1.29 is 47.2 Å². The molecule has 1 aliphatic rings. The maximum absolute atomic E-state index is 13.4. The number of ketones is 1. The zero-order valence-corrected chi connectivity index (χ0v) is 36.5. The number of unbranched alkanes of at least 4 members (excludes halogenated alkanes) is 15. The van der Waals surface area contributed by atoms with E-state index in [1.165, 1.54) is 76.5 Å². The Bertz CT molecular complexity index is 1060. The molecule has 1 heterocycles. The smallest absolute Gasteiger partial charge is 0.469 e. The molecule has 0 spiro atoms. The van der Waals surface area contributed by atoms with E-state index in [0.717, 1.165) is 44.9 Å². The first-order valence-electron chi connectivity index (χ1n) is 21.1. The fraction of sp³-hybridized carbons (Fsp3) is 0.837. The summed E-state index contributed by atoms with van der Waals surface area (Å²) in [4.78, 5) is 39.3. The zero-order chi connectivity index (χ0) is 40.2. The Kier molecular flexibility index (Phi) is 26.8. The topological polar surface area (TPSA) is 116 Å². The molecular formula is C43H78O10Si. The lowest BCUT2D eigenvalue weighted by molar-refractivity contribution is -0.299. The van der Waals surface area contributed by atoms with E-state index in [4.69, 9.17) is 32.8 Å². The predicted molar refractivity (Wildman–Crippen MR) is 218 cm³/mol. The van der Waals surface area contributed by atoms with Gasteiger partial charge in [-0.2, -0.15) is 0 Å². The van der Waals surface area contributed by atoms with Crippen LogP contribution < -0.4 is 0 Å². The third kappa shape index (κ3) is 21.2. The second-order valence-corrected chi connectivity index (χ2v) is 21.0. The van der Waals surface area contributed by atoms with Gasteiger partial charge in [-0.15, -0.1) is 0 Å². The molecule has 54 heavy (non-hydrogen) atoms. The van der Waals surface area contributed by atoms with Gasteiger partial charge in [-0.3, -0.25) is 9.59 Å². The van der Waals surface area contributed by atoms with Crippen molar-refractivity contribution in [1.82, 2.24) is 0 Å². The highest BCUT2D eigenvalue weighted by Crippen LogP contribution is 2.38. The second-order valence-electron chi connectivity index (χ2n) is 16.2. The van der Waals surface area contributed by atoms with Crippen LogP contribution >= 0.6 is 0 Å². The van der Waals surface area contributed by atoms with E-state index in [0.29, 0.717) is 13.0 Å². The molecule has 0 amide bonds. The van der Waals surface area contributed by atoms with E-state index in [2.05, 4.69) is 54.3 Å². The lowest BCUT2D eigenvalue weighted by Crippen LogP contribution is -2.63. The van der Waals surface area contributed by atoms with Crippen molar-refractivity contribution in [1.29, 1.82) is 0 Å². The summed E-state index contributed by atoms with van der Waals surface area (Å²) in [5.41, 5.74) is 0. The highest BCUT2D eigenvalue weighted by atomic mass is 28.4. The number of hydrogen-bond acceptors (Lipinski definition) is 10. The molecule has 0 aromatic heterocycles. The summed E-state index contributed by atoms with van der Waals surface area (Å²) in [7, 11) is -2.27. The number of rotatable bonds is 31. The number of Topliss-reactive ketones (excluding diaryl/α,β-unsaturated/α-hetero) is 1. The minimum Gasteiger partial charge on any atom is -0.469 e. The molecule has 0 saturated carbocycles. The van der Waals surface area contributed by atoms with E-state index in [1.54, 1.807) is 13.0 Å². The predicted octanol–water partition coefficient (Wildman–Crippen LogP) is 11.3. The Hall–Kier alpha value is -2.21. The molecule has 0 aliphatic carbocycles. The van der Waals surface area contributed by atoms with Crippen molar-refractivity contribution in [2.45, 2.75) is 212 Å². The van der Waals surface area contributed by atoms with Crippen LogP contribution in [0.1, 0.15) is 164 Å². The van der Waals surface area contributed by atoms with Crippen LogP contribution in [0.5, 0.6) is 0 Å². The molecule has 1 aliphatic heterocycles. The van der Waals surface area contributed by atoms with Gasteiger partial charge in [0.05, 0.1) is 12.9 Å². The Morgan fingerprint density at radius 1 is 0.759 bits per heavy atom. The molecule has 1 saturated heterocycles. The van der Waals surface area contributed by atoms with Gasteiger partial charge in [0.1, 0.15) is 31.0 Å². The van der Waals surface area contributed by atoms with Crippen LogP contribution in [0.3, 0.4) is 0 Å². The van der Waals surface area contributed by atoms with Crippen LogP contribution in [0.2, 0.25) is 18.1 Å². The monoisotopic (exact) mass is 783 g/mol. The van der Waals surface area contributed by atoms with Crippen LogP contribution in [0, 0.1) is 0 Å². The third-order valence-electron chi connectivity index (χ3n) is 10.4. The average molecular weight is 783 g/mol. The van der Waals surface area contributed by atoms with E-state index >= 15 is 0 Å². The maximum Gasteiger partial charge on any atom is 0.509 e. The summed E-state index contributed by atoms with van der Waals surface area (Å²) in [6.45, 7) is 20.9. The Labute approximate surface area is 329 Å². The summed E-state index contributed by atoms with van der Waals surface area (Å²) >= 11 is 0. The molecule has 0 aromatic carbocycles. The summed E-state index contributed by atoms with van der Waals surface area (Å²) in [5.74, 6) is -0.883. The summed E-state index contributed by atoms with van der Waals surface area (Å²) in [6.07, 6.45) is 17.6. The number of ether oxygens (including phenoxy) is 6. The van der Waals surface area contributed by atoms with E-state index in [1.807, 2.05) is 0 Å². The SMILES string of the molecule is C=CCOC(=O)O[C@H]1[C@H](OCCCCCCCCCC)[C@@H](OC(=O)CC(=O)CCCCCCCCCCC)[C@H](O/C=C/C)O[C@@H]1CO[Si](C)(C)C(C)(C)C. The van der Waals surface area contributed by atoms with Crippen molar-refractivity contribution in [3.8, 4) is 0 Å². The second kappa shape index (κ2) is 29.1. The molecule has 0 aromatic rings. The molecule has 5 atom stereocenters. The van der Waals surface area contributed by atoms with Gasteiger partial charge in [0.2, 0.25) is 6.29 Å². The normalized spacial score (nSPS) is 20.5. The van der Waals surface area contributed by atoms with E-state index in [9.17, 15) is 14.4 Å². The van der Waals surface area contributed by atoms with Crippen LogP contribution in [0.25, 0.3) is 0 Å². The fourth-order valence-corrected chi connectivity index (χ4v) is 7.06. The molecule has 11 heteroatoms. The Morgan fingerprint density at radius 3 is 1.85 bits per heavy atom. The molecular weight excluding hydrogens is 705 g/mol. The van der Waals surface area contributed by atoms with Gasteiger partial charge >= 0.3 is 12.1 Å². The van der Waals surface area contributed by atoms with Crippen molar-refractivity contribution in [2.75, 3.05) is 19.8 Å². The quantitative estimate of drug-likeness (QED) is 0.0168. The highest BCUT2D eigenvalue weighted by molar-refractivity contribution is 6.74. The summed E-state index contributed by atoms with van der Waals surface area (Å²) in [6, 6.07) is 0. The van der Waals surface area contributed by atoms with E-state index in [-0.39, 0.29) is 30.5 Å². The van der Waals surface area contributed by atoms with Crippen molar-refractivity contribution >= 4 is 26.2 Å². The fourth-order valence-electron chi connectivity index (χ4n) is 6.05. The first-order valence-corrected chi connectivity index (χ1v) is 24.0. The molecule has 1 fully saturated rings. The van der Waals surface area contributed by atoms with Crippen LogP contribution in [-0.4, -0.2) is 76.8 Å². The lowest BCUT2D eigenvalue weighted by atomic mass is 9.98. The molecule has 314 valence electrons. The molecule has 1 rings (SSSR count). The first kappa shape index (κ1) is 49.8. The number of allylic oxidation sites excluding steroid dienone is 1. The van der Waals surface area contributed by atoms with Crippen LogP contribution in [-0.2, 0) is 42.4 Å². The van der Waals surface area contributed by atoms with Gasteiger partial charge in [-0.25, -0.2) is 4.79 Å². The number of carbonyl (C=O) groups is 3. The van der Waals surface area contributed by atoms with Gasteiger partial charge in [0, 0.05) is 13.0 Å². The van der Waals surface area contributed by atoms with Gasteiger partial charge in [-0.1, -0.05) is 150 Å². The van der Waals surface area contributed by atoms with Crippen molar-refractivity contribution in [3.05, 3.63) is 25.0 Å². The van der Waals surface area contributed by atoms with Gasteiger partial charge in [0.25, 0.3) is 0 Å². The highest BCUT2D eigenvalue weighted by Gasteiger charge is 2.53. The minimum atomic E-state index is -2.27. The maximum atomic E-state index is 13.4. The number of hydrogen-bond donors (Lipinski definition) is 0. The number of carbonyl (C=O) groups excluding carboxylic acids is 3. The van der Waals surface area contributed by atoms with E-state index < -0.39 is 51.1 Å². The summed E-state index contributed by atoms with van der Waals surface area (Å²) in [5, 5.41) is -0.0902.